The van der Waals surface area contributed by atoms with Crippen LogP contribution in [-0.2, 0) is 11.4 Å². The number of ether oxygens (including phenoxy) is 1. The highest BCUT2D eigenvalue weighted by molar-refractivity contribution is 9.10. The van der Waals surface area contributed by atoms with E-state index in [1.807, 2.05) is 44.2 Å². The number of carbonyl (C=O) groups excluding carboxylic acids is 2. The Morgan fingerprint density at radius 3 is 2.50 bits per heavy atom. The third kappa shape index (κ3) is 6.19. The molecule has 2 N–H and O–H groups in total. The van der Waals surface area contributed by atoms with E-state index >= 15 is 0 Å². The Hall–Kier alpha value is -2.34. The standard InChI is InChI=1S/C20H23BrN2O3/c1-14(2)19(24)22-10-11-23-20(25)17-8-3-4-9-18(17)26-13-15-6-5-7-16(21)12-15/h3-9,12,14H,10-11,13H2,1-2H3,(H,22,24)(H,23,25). The fourth-order valence-electron chi connectivity index (χ4n) is 2.23. The van der Waals surface area contributed by atoms with Gasteiger partial charge >= 0.3 is 0 Å². The van der Waals surface area contributed by atoms with Gasteiger partial charge in [-0.25, -0.2) is 0 Å². The number of hydrogen-bond acceptors (Lipinski definition) is 3. The van der Waals surface area contributed by atoms with Gasteiger partial charge in [0.05, 0.1) is 5.56 Å². The summed E-state index contributed by atoms with van der Waals surface area (Å²) in [5.74, 6) is 0.194. The van der Waals surface area contributed by atoms with Crippen molar-refractivity contribution in [1.82, 2.24) is 10.6 Å². The Morgan fingerprint density at radius 2 is 1.77 bits per heavy atom. The van der Waals surface area contributed by atoms with Crippen LogP contribution in [0.25, 0.3) is 0 Å². The van der Waals surface area contributed by atoms with Crippen molar-refractivity contribution in [2.75, 3.05) is 13.1 Å². The third-order valence-electron chi connectivity index (χ3n) is 3.65. The molecule has 6 heteroatoms. The van der Waals surface area contributed by atoms with Crippen LogP contribution in [0.4, 0.5) is 0 Å². The molecule has 0 saturated carbocycles. The number of rotatable bonds is 8. The van der Waals surface area contributed by atoms with Crippen LogP contribution in [0, 0.1) is 5.92 Å². The highest BCUT2D eigenvalue weighted by atomic mass is 79.9. The van der Waals surface area contributed by atoms with E-state index < -0.39 is 0 Å². The molecular formula is C20H23BrN2O3. The lowest BCUT2D eigenvalue weighted by Crippen LogP contribution is -2.36. The van der Waals surface area contributed by atoms with Gasteiger partial charge in [0.1, 0.15) is 12.4 Å². The Bertz CT molecular complexity index is 762. The first-order valence-electron chi connectivity index (χ1n) is 8.49. The second-order valence-electron chi connectivity index (χ2n) is 6.12. The topological polar surface area (TPSA) is 67.4 Å². The van der Waals surface area contributed by atoms with E-state index in [2.05, 4.69) is 26.6 Å². The summed E-state index contributed by atoms with van der Waals surface area (Å²) in [4.78, 5) is 23.9. The van der Waals surface area contributed by atoms with Crippen molar-refractivity contribution >= 4 is 27.7 Å². The predicted molar refractivity (Wildman–Crippen MR) is 105 cm³/mol. The quantitative estimate of drug-likeness (QED) is 0.644. The lowest BCUT2D eigenvalue weighted by molar-refractivity contribution is -0.123. The molecule has 26 heavy (non-hydrogen) atoms. The van der Waals surface area contributed by atoms with Crippen LogP contribution in [-0.4, -0.2) is 24.9 Å². The highest BCUT2D eigenvalue weighted by Crippen LogP contribution is 2.20. The van der Waals surface area contributed by atoms with E-state index in [1.54, 1.807) is 18.2 Å². The van der Waals surface area contributed by atoms with Crippen molar-refractivity contribution in [3.63, 3.8) is 0 Å². The summed E-state index contributed by atoms with van der Waals surface area (Å²) in [7, 11) is 0. The molecule has 0 aromatic heterocycles. The molecule has 0 bridgehead atoms. The number of hydrogen-bond donors (Lipinski definition) is 2. The number of nitrogens with one attached hydrogen (secondary N) is 2. The fourth-order valence-corrected chi connectivity index (χ4v) is 2.68. The van der Waals surface area contributed by atoms with Gasteiger partial charge in [-0.3, -0.25) is 9.59 Å². The summed E-state index contributed by atoms with van der Waals surface area (Å²) in [6, 6.07) is 14.9. The first kappa shape index (κ1) is 20.0. The van der Waals surface area contributed by atoms with Crippen LogP contribution >= 0.6 is 15.9 Å². The average Bonchev–Trinajstić information content (AvgIpc) is 2.63. The molecule has 0 atom stereocenters. The van der Waals surface area contributed by atoms with Gasteiger partial charge in [0.25, 0.3) is 5.91 Å². The van der Waals surface area contributed by atoms with Crippen LogP contribution < -0.4 is 15.4 Å². The van der Waals surface area contributed by atoms with Gasteiger partial charge in [0.15, 0.2) is 0 Å². The van der Waals surface area contributed by atoms with E-state index in [-0.39, 0.29) is 17.7 Å². The zero-order valence-corrected chi connectivity index (χ0v) is 16.5. The van der Waals surface area contributed by atoms with Gasteiger partial charge < -0.3 is 15.4 Å². The Balaban J connectivity index is 1.90. The maximum Gasteiger partial charge on any atom is 0.255 e. The van der Waals surface area contributed by atoms with Crippen LogP contribution in [0.3, 0.4) is 0 Å². The van der Waals surface area contributed by atoms with E-state index in [9.17, 15) is 9.59 Å². The number of para-hydroxylation sites is 1. The molecule has 138 valence electrons. The van der Waals surface area contributed by atoms with Gasteiger partial charge in [-0.15, -0.1) is 0 Å². The first-order valence-corrected chi connectivity index (χ1v) is 9.29. The average molecular weight is 419 g/mol. The molecule has 0 spiro atoms. The molecule has 0 aliphatic heterocycles. The number of amides is 2. The van der Waals surface area contributed by atoms with Crippen molar-refractivity contribution in [2.45, 2.75) is 20.5 Å². The highest BCUT2D eigenvalue weighted by Gasteiger charge is 2.12. The molecule has 0 aliphatic carbocycles. The largest absolute Gasteiger partial charge is 0.488 e. The SMILES string of the molecule is CC(C)C(=O)NCCNC(=O)c1ccccc1OCc1cccc(Br)c1. The Labute approximate surface area is 162 Å². The molecule has 5 nitrogen and oxygen atoms in total. The maximum atomic E-state index is 12.4. The number of carbonyl (C=O) groups is 2. The van der Waals surface area contributed by atoms with Crippen LogP contribution in [0.5, 0.6) is 5.75 Å². The lowest BCUT2D eigenvalue weighted by atomic mass is 10.2. The zero-order valence-electron chi connectivity index (χ0n) is 14.9. The van der Waals surface area contributed by atoms with Crippen molar-refractivity contribution in [2.24, 2.45) is 5.92 Å². The van der Waals surface area contributed by atoms with Gasteiger partial charge in [0.2, 0.25) is 5.91 Å². The van der Waals surface area contributed by atoms with Gasteiger partial charge in [-0.05, 0) is 29.8 Å². The van der Waals surface area contributed by atoms with Crippen molar-refractivity contribution in [3.05, 3.63) is 64.1 Å². The zero-order chi connectivity index (χ0) is 18.9. The number of benzene rings is 2. The van der Waals surface area contributed by atoms with Gasteiger partial charge in [-0.2, -0.15) is 0 Å². The van der Waals surface area contributed by atoms with Crippen LogP contribution in [0.1, 0.15) is 29.8 Å². The summed E-state index contributed by atoms with van der Waals surface area (Å²) in [6.45, 7) is 4.77. The van der Waals surface area contributed by atoms with Crippen molar-refractivity contribution in [1.29, 1.82) is 0 Å². The summed E-state index contributed by atoms with van der Waals surface area (Å²) in [6.07, 6.45) is 0. The molecule has 0 unspecified atom stereocenters. The van der Waals surface area contributed by atoms with Gasteiger partial charge in [0, 0.05) is 23.5 Å². The molecule has 0 fully saturated rings. The van der Waals surface area contributed by atoms with Crippen LogP contribution in [0.2, 0.25) is 0 Å². The van der Waals surface area contributed by atoms with Gasteiger partial charge in [-0.1, -0.05) is 54.0 Å². The molecular weight excluding hydrogens is 396 g/mol. The normalized spacial score (nSPS) is 10.5. The molecule has 2 amide bonds. The first-order chi connectivity index (χ1) is 12.5. The van der Waals surface area contributed by atoms with E-state index in [0.29, 0.717) is 31.0 Å². The molecule has 0 saturated heterocycles. The van der Waals surface area contributed by atoms with Crippen molar-refractivity contribution < 1.29 is 14.3 Å². The monoisotopic (exact) mass is 418 g/mol. The third-order valence-corrected chi connectivity index (χ3v) is 4.14. The predicted octanol–water partition coefficient (Wildman–Crippen LogP) is 3.53. The van der Waals surface area contributed by atoms with Crippen molar-refractivity contribution in [3.8, 4) is 5.75 Å². The smallest absolute Gasteiger partial charge is 0.255 e. The Kier molecular flexibility index (Phi) is 7.66. The minimum absolute atomic E-state index is 0.0306. The fraction of sp³-hybridized carbons (Fsp3) is 0.300. The van der Waals surface area contributed by atoms with E-state index in [4.69, 9.17) is 4.74 Å². The number of halogens is 1. The summed E-state index contributed by atoms with van der Waals surface area (Å²) in [5, 5.41) is 5.57. The molecule has 2 rings (SSSR count). The minimum atomic E-state index is -0.228. The Morgan fingerprint density at radius 1 is 1.04 bits per heavy atom. The van der Waals surface area contributed by atoms with E-state index in [0.717, 1.165) is 10.0 Å². The lowest BCUT2D eigenvalue weighted by Gasteiger charge is -2.12. The summed E-state index contributed by atoms with van der Waals surface area (Å²) < 4.78 is 6.80. The van der Waals surface area contributed by atoms with Crippen LogP contribution in [0.15, 0.2) is 53.0 Å². The molecule has 2 aromatic carbocycles. The second-order valence-corrected chi connectivity index (χ2v) is 7.03. The molecule has 0 radical (unpaired) electrons. The molecule has 0 heterocycles. The second kappa shape index (κ2) is 9.97. The summed E-state index contributed by atoms with van der Waals surface area (Å²) >= 11 is 3.43. The maximum absolute atomic E-state index is 12.4. The van der Waals surface area contributed by atoms with E-state index in [1.165, 1.54) is 0 Å². The molecule has 0 aliphatic rings. The minimum Gasteiger partial charge on any atom is -0.488 e. The summed E-state index contributed by atoms with van der Waals surface area (Å²) in [5.41, 5.74) is 1.48. The molecule has 2 aromatic rings.